The Kier molecular flexibility index (Phi) is 5.52. The van der Waals surface area contributed by atoms with Crippen molar-refractivity contribution in [2.75, 3.05) is 12.0 Å². The van der Waals surface area contributed by atoms with Crippen molar-refractivity contribution in [3.05, 3.63) is 69.3 Å². The standard InChI is InChI=1S/C19H14ClN3O3S2/c1-25-17-5-4-13(9-15(17)20)23-18(24)16(10-14-3-2-8-27-14)21-19(23)28-11-12-6-7-26-22-12/h2-10H,11H2,1H3. The van der Waals surface area contributed by atoms with Crippen LogP contribution in [-0.4, -0.2) is 23.3 Å². The number of carbonyl (C=O) groups is 1. The van der Waals surface area contributed by atoms with Gasteiger partial charge in [0.05, 0.1) is 23.5 Å². The summed E-state index contributed by atoms with van der Waals surface area (Å²) in [7, 11) is 1.55. The van der Waals surface area contributed by atoms with E-state index in [1.807, 2.05) is 17.5 Å². The van der Waals surface area contributed by atoms with Gasteiger partial charge in [-0.05, 0) is 35.7 Å². The van der Waals surface area contributed by atoms with E-state index in [2.05, 4.69) is 10.1 Å². The molecule has 0 radical (unpaired) electrons. The highest BCUT2D eigenvalue weighted by Gasteiger charge is 2.32. The number of hydrogen-bond acceptors (Lipinski definition) is 7. The van der Waals surface area contributed by atoms with Crippen LogP contribution in [0.1, 0.15) is 10.6 Å². The molecule has 28 heavy (non-hydrogen) atoms. The number of carbonyl (C=O) groups excluding carboxylic acids is 1. The molecule has 3 heterocycles. The summed E-state index contributed by atoms with van der Waals surface area (Å²) < 4.78 is 10.1. The average Bonchev–Trinajstić information content (AvgIpc) is 3.43. The lowest BCUT2D eigenvalue weighted by molar-refractivity contribution is -0.113. The molecular weight excluding hydrogens is 418 g/mol. The SMILES string of the molecule is COc1ccc(N2C(=O)C(=Cc3cccs3)N=C2SCc2ccon2)cc1Cl. The Bertz CT molecular complexity index is 1050. The van der Waals surface area contributed by atoms with Crippen LogP contribution in [0.15, 0.2) is 63.3 Å². The van der Waals surface area contributed by atoms with Crippen molar-refractivity contribution in [1.29, 1.82) is 0 Å². The van der Waals surface area contributed by atoms with Crippen LogP contribution in [0, 0.1) is 0 Å². The van der Waals surface area contributed by atoms with Gasteiger partial charge in [0.1, 0.15) is 17.7 Å². The van der Waals surface area contributed by atoms with Gasteiger partial charge in [-0.25, -0.2) is 4.99 Å². The molecule has 6 nitrogen and oxygen atoms in total. The molecule has 142 valence electrons. The Morgan fingerprint density at radius 3 is 2.93 bits per heavy atom. The molecule has 1 aliphatic rings. The van der Waals surface area contributed by atoms with E-state index < -0.39 is 0 Å². The van der Waals surface area contributed by atoms with Crippen LogP contribution in [0.2, 0.25) is 5.02 Å². The smallest absolute Gasteiger partial charge is 0.283 e. The van der Waals surface area contributed by atoms with Gasteiger partial charge in [-0.15, -0.1) is 11.3 Å². The third-order valence-electron chi connectivity index (χ3n) is 3.89. The number of rotatable bonds is 5. The Morgan fingerprint density at radius 2 is 2.25 bits per heavy atom. The van der Waals surface area contributed by atoms with Gasteiger partial charge >= 0.3 is 0 Å². The van der Waals surface area contributed by atoms with Crippen molar-refractivity contribution in [2.45, 2.75) is 5.75 Å². The minimum atomic E-state index is -0.211. The van der Waals surface area contributed by atoms with Crippen LogP contribution in [0.5, 0.6) is 5.75 Å². The number of ether oxygens (including phenoxy) is 1. The van der Waals surface area contributed by atoms with E-state index >= 15 is 0 Å². The molecule has 9 heteroatoms. The zero-order chi connectivity index (χ0) is 19.5. The first-order chi connectivity index (χ1) is 13.7. The number of halogens is 1. The molecular formula is C19H14ClN3O3S2. The lowest BCUT2D eigenvalue weighted by Crippen LogP contribution is -2.30. The number of nitrogens with zero attached hydrogens (tertiary/aromatic N) is 3. The van der Waals surface area contributed by atoms with E-state index in [-0.39, 0.29) is 5.91 Å². The number of amidine groups is 1. The molecule has 0 fully saturated rings. The maximum Gasteiger partial charge on any atom is 0.283 e. The molecule has 0 N–H and O–H groups in total. The molecule has 0 bridgehead atoms. The molecule has 0 saturated carbocycles. The fourth-order valence-electron chi connectivity index (χ4n) is 2.57. The Hall–Kier alpha value is -2.55. The summed E-state index contributed by atoms with van der Waals surface area (Å²) in [5.74, 6) is 0.854. The molecule has 1 aliphatic heterocycles. The first kappa shape index (κ1) is 18.8. The topological polar surface area (TPSA) is 67.9 Å². The maximum atomic E-state index is 13.1. The lowest BCUT2D eigenvalue weighted by Gasteiger charge is -2.18. The number of thiophene rings is 1. The Morgan fingerprint density at radius 1 is 1.36 bits per heavy atom. The number of aromatic nitrogens is 1. The summed E-state index contributed by atoms with van der Waals surface area (Å²) >= 11 is 9.22. The van der Waals surface area contributed by atoms with E-state index in [1.165, 1.54) is 18.0 Å². The Labute approximate surface area is 174 Å². The second-order valence-electron chi connectivity index (χ2n) is 5.68. The third-order valence-corrected chi connectivity index (χ3v) is 5.97. The van der Waals surface area contributed by atoms with Gasteiger partial charge in [0.2, 0.25) is 0 Å². The molecule has 0 unspecified atom stereocenters. The fourth-order valence-corrected chi connectivity index (χ4v) is 4.38. The van der Waals surface area contributed by atoms with Gasteiger partial charge in [0, 0.05) is 16.7 Å². The van der Waals surface area contributed by atoms with Crippen LogP contribution in [0.4, 0.5) is 5.69 Å². The van der Waals surface area contributed by atoms with Crippen molar-refractivity contribution < 1.29 is 14.1 Å². The van der Waals surface area contributed by atoms with Gasteiger partial charge in [0.15, 0.2) is 5.17 Å². The molecule has 0 spiro atoms. The highest BCUT2D eigenvalue weighted by Crippen LogP contribution is 2.35. The molecule has 1 aromatic carbocycles. The van der Waals surface area contributed by atoms with Crippen molar-refractivity contribution in [1.82, 2.24) is 5.16 Å². The van der Waals surface area contributed by atoms with E-state index in [1.54, 1.807) is 53.7 Å². The van der Waals surface area contributed by atoms with Crippen LogP contribution < -0.4 is 9.64 Å². The predicted octanol–water partition coefficient (Wildman–Crippen LogP) is 5.08. The monoisotopic (exact) mass is 431 g/mol. The van der Waals surface area contributed by atoms with E-state index in [0.717, 1.165) is 10.6 Å². The summed E-state index contributed by atoms with van der Waals surface area (Å²) in [6, 6.07) is 10.9. The minimum absolute atomic E-state index is 0.211. The fraction of sp³-hybridized carbons (Fsp3) is 0.105. The van der Waals surface area contributed by atoms with Crippen molar-refractivity contribution in [3.8, 4) is 5.75 Å². The number of benzene rings is 1. The summed E-state index contributed by atoms with van der Waals surface area (Å²) in [4.78, 5) is 20.2. The second-order valence-corrected chi connectivity index (χ2v) is 8.01. The average molecular weight is 432 g/mol. The number of aliphatic imine (C=N–C) groups is 1. The number of methoxy groups -OCH3 is 1. The van der Waals surface area contributed by atoms with Crippen LogP contribution in [-0.2, 0) is 10.5 Å². The molecule has 4 rings (SSSR count). The van der Waals surface area contributed by atoms with Gasteiger partial charge in [-0.2, -0.15) is 0 Å². The van der Waals surface area contributed by atoms with Crippen molar-refractivity contribution >= 4 is 57.5 Å². The predicted molar refractivity (Wildman–Crippen MR) is 113 cm³/mol. The van der Waals surface area contributed by atoms with Crippen LogP contribution in [0.25, 0.3) is 6.08 Å². The molecule has 0 atom stereocenters. The number of hydrogen-bond donors (Lipinski definition) is 0. The Balaban J connectivity index is 1.68. The summed E-state index contributed by atoms with van der Waals surface area (Å²) in [5, 5.41) is 6.83. The second kappa shape index (κ2) is 8.22. The van der Waals surface area contributed by atoms with Crippen molar-refractivity contribution in [3.63, 3.8) is 0 Å². The van der Waals surface area contributed by atoms with Gasteiger partial charge < -0.3 is 9.26 Å². The molecule has 2 aromatic heterocycles. The normalized spacial score (nSPS) is 15.4. The van der Waals surface area contributed by atoms with E-state index in [9.17, 15) is 4.79 Å². The zero-order valence-corrected chi connectivity index (χ0v) is 17.1. The number of anilines is 1. The summed E-state index contributed by atoms with van der Waals surface area (Å²) in [6.07, 6.45) is 3.30. The van der Waals surface area contributed by atoms with E-state index in [4.69, 9.17) is 20.9 Å². The number of thioether (sulfide) groups is 1. The summed E-state index contributed by atoms with van der Waals surface area (Å²) in [6.45, 7) is 0. The quantitative estimate of drug-likeness (QED) is 0.527. The lowest BCUT2D eigenvalue weighted by atomic mass is 10.2. The molecule has 0 saturated heterocycles. The van der Waals surface area contributed by atoms with Crippen LogP contribution in [0.3, 0.4) is 0 Å². The minimum Gasteiger partial charge on any atom is -0.495 e. The molecule has 1 amide bonds. The third kappa shape index (κ3) is 3.84. The van der Waals surface area contributed by atoms with Crippen molar-refractivity contribution in [2.24, 2.45) is 4.99 Å². The first-order valence-electron chi connectivity index (χ1n) is 8.19. The molecule has 0 aliphatic carbocycles. The maximum absolute atomic E-state index is 13.1. The van der Waals surface area contributed by atoms with Gasteiger partial charge in [-0.3, -0.25) is 9.69 Å². The first-order valence-corrected chi connectivity index (χ1v) is 10.4. The molecule has 3 aromatic rings. The zero-order valence-electron chi connectivity index (χ0n) is 14.7. The van der Waals surface area contributed by atoms with Gasteiger partial charge in [-0.1, -0.05) is 34.6 Å². The van der Waals surface area contributed by atoms with Gasteiger partial charge in [0.25, 0.3) is 5.91 Å². The van der Waals surface area contributed by atoms with Crippen LogP contribution >= 0.6 is 34.7 Å². The highest BCUT2D eigenvalue weighted by molar-refractivity contribution is 8.13. The summed E-state index contributed by atoms with van der Waals surface area (Å²) in [5.41, 5.74) is 1.76. The highest BCUT2D eigenvalue weighted by atomic mass is 35.5. The van der Waals surface area contributed by atoms with E-state index in [0.29, 0.717) is 33.1 Å². The largest absolute Gasteiger partial charge is 0.495 e. The number of amides is 1.